The predicted molar refractivity (Wildman–Crippen MR) is 79.2 cm³/mol. The number of hydrogen-bond acceptors (Lipinski definition) is 2. The third-order valence-electron chi connectivity index (χ3n) is 6.70. The summed E-state index contributed by atoms with van der Waals surface area (Å²) in [5, 5.41) is 0. The molecule has 1 heterocycles. The average Bonchev–Trinajstić information content (AvgIpc) is 2.67. The number of rotatable bonds is 2. The number of nitrogens with two attached hydrogens (primary N) is 1. The van der Waals surface area contributed by atoms with E-state index < -0.39 is 0 Å². The van der Waals surface area contributed by atoms with Crippen LogP contribution < -0.4 is 5.73 Å². The first kappa shape index (κ1) is 13.6. The molecule has 3 atom stereocenters. The van der Waals surface area contributed by atoms with Crippen LogP contribution in [0, 0.1) is 22.7 Å². The maximum atomic E-state index is 12.5. The largest absolute Gasteiger partial charge is 0.369 e. The molecule has 0 aromatic rings. The molecule has 4 nitrogen and oxygen atoms in total. The van der Waals surface area contributed by atoms with Gasteiger partial charge in [-0.15, -0.1) is 0 Å². The molecule has 5 aliphatic rings. The fourth-order valence-electron chi connectivity index (χ4n) is 7.04. The zero-order valence-electron chi connectivity index (χ0n) is 13.2. The maximum Gasteiger partial charge on any atom is 0.223 e. The number of hydrogen-bond donors (Lipinski definition) is 1. The van der Waals surface area contributed by atoms with Gasteiger partial charge < -0.3 is 10.6 Å². The summed E-state index contributed by atoms with van der Waals surface area (Å²) in [6.07, 6.45) is 7.69. The fraction of sp³-hybridized carbons (Fsp3) is 0.882. The summed E-state index contributed by atoms with van der Waals surface area (Å²) >= 11 is 0. The molecule has 0 aromatic carbocycles. The van der Waals surface area contributed by atoms with Gasteiger partial charge in [0.2, 0.25) is 11.8 Å². The van der Waals surface area contributed by atoms with Crippen LogP contribution >= 0.6 is 0 Å². The second kappa shape index (κ2) is 3.82. The van der Waals surface area contributed by atoms with Gasteiger partial charge in [-0.1, -0.05) is 13.8 Å². The van der Waals surface area contributed by atoms with Crippen LogP contribution in [0.4, 0.5) is 0 Å². The fourth-order valence-corrected chi connectivity index (χ4v) is 7.04. The lowest BCUT2D eigenvalue weighted by Crippen LogP contribution is -2.65. The first-order chi connectivity index (χ1) is 9.73. The SMILES string of the molecule is C[C@]12CC3CC(N4C[C@@H](C(N)=O)CC4=O)(C1)C[C@](C)(C3)C2. The van der Waals surface area contributed by atoms with E-state index in [4.69, 9.17) is 5.73 Å². The Labute approximate surface area is 126 Å². The minimum Gasteiger partial charge on any atom is -0.369 e. The van der Waals surface area contributed by atoms with Crippen LogP contribution in [-0.4, -0.2) is 28.8 Å². The van der Waals surface area contributed by atoms with Crippen LogP contribution in [0.2, 0.25) is 0 Å². The Kier molecular flexibility index (Phi) is 2.47. The summed E-state index contributed by atoms with van der Waals surface area (Å²) in [6.45, 7) is 5.39. The molecule has 0 aromatic heterocycles. The van der Waals surface area contributed by atoms with E-state index in [0.29, 0.717) is 23.8 Å². The first-order valence-electron chi connectivity index (χ1n) is 8.33. The van der Waals surface area contributed by atoms with Gasteiger partial charge in [-0.05, 0) is 55.3 Å². The van der Waals surface area contributed by atoms with E-state index in [9.17, 15) is 9.59 Å². The number of likely N-dealkylation sites (tertiary alicyclic amines) is 1. The minimum absolute atomic E-state index is 0.0181. The third-order valence-corrected chi connectivity index (χ3v) is 6.70. The zero-order valence-corrected chi connectivity index (χ0v) is 13.2. The molecule has 4 saturated carbocycles. The average molecular weight is 290 g/mol. The number of primary amides is 1. The molecule has 2 amide bonds. The van der Waals surface area contributed by atoms with Crippen molar-refractivity contribution in [3.8, 4) is 0 Å². The molecule has 2 N–H and O–H groups in total. The highest BCUT2D eigenvalue weighted by Crippen LogP contribution is 2.68. The van der Waals surface area contributed by atoms with Gasteiger partial charge in [0.05, 0.1) is 5.92 Å². The molecule has 5 rings (SSSR count). The van der Waals surface area contributed by atoms with Gasteiger partial charge in [0, 0.05) is 18.5 Å². The summed E-state index contributed by atoms with van der Waals surface area (Å²) in [5.41, 5.74) is 6.24. The van der Waals surface area contributed by atoms with Gasteiger partial charge in [0.1, 0.15) is 0 Å². The van der Waals surface area contributed by atoms with Crippen molar-refractivity contribution >= 4 is 11.8 Å². The van der Waals surface area contributed by atoms with Crippen molar-refractivity contribution in [2.45, 2.75) is 64.3 Å². The normalized spacial score (nSPS) is 51.7. The molecule has 5 fully saturated rings. The summed E-state index contributed by atoms with van der Waals surface area (Å²) < 4.78 is 0. The monoisotopic (exact) mass is 290 g/mol. The Balaban J connectivity index is 1.68. The molecule has 0 radical (unpaired) electrons. The zero-order chi connectivity index (χ0) is 15.0. The molecule has 116 valence electrons. The Morgan fingerprint density at radius 3 is 2.24 bits per heavy atom. The molecule has 1 saturated heterocycles. The van der Waals surface area contributed by atoms with Gasteiger partial charge in [-0.25, -0.2) is 0 Å². The maximum absolute atomic E-state index is 12.5. The van der Waals surface area contributed by atoms with Crippen LogP contribution in [0.1, 0.15) is 58.8 Å². The Morgan fingerprint density at radius 1 is 1.14 bits per heavy atom. The van der Waals surface area contributed by atoms with Crippen molar-refractivity contribution in [3.05, 3.63) is 0 Å². The molecule has 4 heteroatoms. The van der Waals surface area contributed by atoms with Crippen molar-refractivity contribution < 1.29 is 9.59 Å². The van der Waals surface area contributed by atoms with Crippen LogP contribution in [0.15, 0.2) is 0 Å². The van der Waals surface area contributed by atoms with Crippen LogP contribution in [0.25, 0.3) is 0 Å². The lowest BCUT2D eigenvalue weighted by molar-refractivity contribution is -0.170. The second-order valence-electron chi connectivity index (χ2n) is 9.16. The van der Waals surface area contributed by atoms with Crippen molar-refractivity contribution in [1.82, 2.24) is 4.90 Å². The summed E-state index contributed by atoms with van der Waals surface area (Å²) in [6, 6.07) is 0. The van der Waals surface area contributed by atoms with Crippen molar-refractivity contribution in [2.75, 3.05) is 6.54 Å². The first-order valence-corrected chi connectivity index (χ1v) is 8.33. The molecule has 21 heavy (non-hydrogen) atoms. The Hall–Kier alpha value is -1.06. The molecule has 4 bridgehead atoms. The van der Waals surface area contributed by atoms with E-state index >= 15 is 0 Å². The highest BCUT2D eigenvalue weighted by molar-refractivity contribution is 5.89. The highest BCUT2D eigenvalue weighted by atomic mass is 16.2. The van der Waals surface area contributed by atoms with Crippen molar-refractivity contribution in [2.24, 2.45) is 28.4 Å². The summed E-state index contributed by atoms with van der Waals surface area (Å²) in [5.74, 6) is 0.337. The lowest BCUT2D eigenvalue weighted by Gasteiger charge is -2.67. The van der Waals surface area contributed by atoms with E-state index in [1.54, 1.807) is 0 Å². The van der Waals surface area contributed by atoms with Crippen molar-refractivity contribution in [1.29, 1.82) is 0 Å². The van der Waals surface area contributed by atoms with E-state index in [1.807, 2.05) is 0 Å². The smallest absolute Gasteiger partial charge is 0.223 e. The van der Waals surface area contributed by atoms with Gasteiger partial charge in [0.15, 0.2) is 0 Å². The van der Waals surface area contributed by atoms with Crippen LogP contribution in [-0.2, 0) is 9.59 Å². The van der Waals surface area contributed by atoms with E-state index in [2.05, 4.69) is 18.7 Å². The minimum atomic E-state index is -0.312. The van der Waals surface area contributed by atoms with Gasteiger partial charge in [0.25, 0.3) is 0 Å². The topological polar surface area (TPSA) is 63.4 Å². The third kappa shape index (κ3) is 1.87. The quantitative estimate of drug-likeness (QED) is 0.846. The van der Waals surface area contributed by atoms with Gasteiger partial charge in [-0.2, -0.15) is 0 Å². The number of carbonyl (C=O) groups is 2. The molecule has 0 unspecified atom stereocenters. The second-order valence-corrected chi connectivity index (χ2v) is 9.16. The molecular formula is C17H26N2O2. The molecular weight excluding hydrogens is 264 g/mol. The Bertz CT molecular complexity index is 511. The molecule has 1 aliphatic heterocycles. The van der Waals surface area contributed by atoms with Crippen LogP contribution in [0.5, 0.6) is 0 Å². The summed E-state index contributed by atoms with van der Waals surface area (Å²) in [4.78, 5) is 26.1. The van der Waals surface area contributed by atoms with E-state index in [0.717, 1.165) is 25.2 Å². The van der Waals surface area contributed by atoms with E-state index in [-0.39, 0.29) is 23.3 Å². The highest BCUT2D eigenvalue weighted by Gasteiger charge is 2.63. The summed E-state index contributed by atoms with van der Waals surface area (Å²) in [7, 11) is 0. The van der Waals surface area contributed by atoms with Gasteiger partial charge >= 0.3 is 0 Å². The molecule has 0 spiro atoms. The van der Waals surface area contributed by atoms with E-state index in [1.165, 1.54) is 19.3 Å². The number of carbonyl (C=O) groups excluding carboxylic acids is 2. The number of nitrogens with zero attached hydrogens (tertiary/aromatic N) is 1. The van der Waals surface area contributed by atoms with Crippen LogP contribution in [0.3, 0.4) is 0 Å². The lowest BCUT2D eigenvalue weighted by atomic mass is 9.42. The van der Waals surface area contributed by atoms with Gasteiger partial charge in [-0.3, -0.25) is 9.59 Å². The Morgan fingerprint density at radius 2 is 1.76 bits per heavy atom. The molecule has 4 aliphatic carbocycles. The van der Waals surface area contributed by atoms with Crippen molar-refractivity contribution in [3.63, 3.8) is 0 Å². The number of amides is 2. The predicted octanol–water partition coefficient (Wildman–Crippen LogP) is 2.07. The standard InChI is InChI=1S/C17H26N2O2/c1-15-4-11-5-16(2,8-15)10-17(6-11,9-15)19-7-12(14(18)21)3-13(19)20/h11-12H,3-10H2,1-2H3,(H2,18,21)/t11?,12-,15+,16+,17?/m0/s1.